The van der Waals surface area contributed by atoms with Gasteiger partial charge < -0.3 is 10.4 Å². The summed E-state index contributed by atoms with van der Waals surface area (Å²) >= 11 is 0. The maximum absolute atomic E-state index is 9.24. The molecule has 0 radical (unpaired) electrons. The van der Waals surface area contributed by atoms with E-state index in [1.54, 1.807) is 12.1 Å². The zero-order valence-electron chi connectivity index (χ0n) is 12.4. The Morgan fingerprint density at radius 2 is 1.64 bits per heavy atom. The molecule has 0 saturated carbocycles. The van der Waals surface area contributed by atoms with Crippen LogP contribution >= 0.6 is 0 Å². The van der Waals surface area contributed by atoms with Gasteiger partial charge in [0, 0.05) is 13.1 Å². The summed E-state index contributed by atoms with van der Waals surface area (Å²) in [5, 5.41) is 15.3. The average molecular weight is 289 g/mol. The van der Waals surface area contributed by atoms with Gasteiger partial charge in [-0.25, -0.2) is 0 Å². The van der Waals surface area contributed by atoms with Gasteiger partial charge in [0.05, 0.1) is 0 Å². The van der Waals surface area contributed by atoms with E-state index in [-0.39, 0.29) is 0 Å². The van der Waals surface area contributed by atoms with Gasteiger partial charge in [0.2, 0.25) is 0 Å². The van der Waals surface area contributed by atoms with Crippen LogP contribution in [-0.4, -0.2) is 11.7 Å². The molecule has 0 fully saturated rings. The van der Waals surface area contributed by atoms with Crippen molar-refractivity contribution >= 4 is 16.8 Å². The number of aromatic hydroxyl groups is 1. The molecule has 2 heteroatoms. The maximum atomic E-state index is 9.24. The van der Waals surface area contributed by atoms with Crippen molar-refractivity contribution in [3.05, 3.63) is 83.9 Å². The summed E-state index contributed by atoms with van der Waals surface area (Å²) < 4.78 is 0. The number of phenolic OH excluding ortho intramolecular Hbond substituents is 1. The summed E-state index contributed by atoms with van der Waals surface area (Å²) in [5.41, 5.74) is 2.40. The Bertz CT molecular complexity index is 770. The molecule has 0 heterocycles. The van der Waals surface area contributed by atoms with E-state index in [4.69, 9.17) is 0 Å². The van der Waals surface area contributed by atoms with Gasteiger partial charge in [-0.15, -0.1) is 0 Å². The molecule has 0 saturated heterocycles. The third kappa shape index (κ3) is 3.54. The summed E-state index contributed by atoms with van der Waals surface area (Å²) in [7, 11) is 0. The largest absolute Gasteiger partial charge is 0.508 e. The minimum Gasteiger partial charge on any atom is -0.508 e. The van der Waals surface area contributed by atoms with Crippen LogP contribution in [0.2, 0.25) is 0 Å². The lowest BCUT2D eigenvalue weighted by Crippen LogP contribution is -2.12. The Labute approximate surface area is 130 Å². The zero-order valence-corrected chi connectivity index (χ0v) is 12.4. The van der Waals surface area contributed by atoms with Gasteiger partial charge in [-0.05, 0) is 34.0 Å². The van der Waals surface area contributed by atoms with Crippen LogP contribution < -0.4 is 5.32 Å². The van der Waals surface area contributed by atoms with Crippen molar-refractivity contribution < 1.29 is 5.11 Å². The van der Waals surface area contributed by atoms with Crippen molar-refractivity contribution in [2.24, 2.45) is 0 Å². The quantitative estimate of drug-likeness (QED) is 0.684. The lowest BCUT2D eigenvalue weighted by atomic mass is 10.0. The van der Waals surface area contributed by atoms with Crippen molar-refractivity contribution in [2.75, 3.05) is 6.54 Å². The fraction of sp³-hybridized carbons (Fsp3) is 0.100. The fourth-order valence-corrected chi connectivity index (χ4v) is 2.52. The van der Waals surface area contributed by atoms with Gasteiger partial charge >= 0.3 is 0 Å². The topological polar surface area (TPSA) is 32.3 Å². The predicted molar refractivity (Wildman–Crippen MR) is 92.8 cm³/mol. The molecule has 0 unspecified atom stereocenters. The lowest BCUT2D eigenvalue weighted by Gasteiger charge is -2.06. The van der Waals surface area contributed by atoms with E-state index >= 15 is 0 Å². The summed E-state index contributed by atoms with van der Waals surface area (Å²) in [6.45, 7) is 1.66. The van der Waals surface area contributed by atoms with Crippen LogP contribution in [0.25, 0.3) is 16.8 Å². The maximum Gasteiger partial charge on any atom is 0.115 e. The van der Waals surface area contributed by atoms with Crippen molar-refractivity contribution in [1.82, 2.24) is 5.32 Å². The van der Waals surface area contributed by atoms with E-state index in [0.29, 0.717) is 5.75 Å². The number of benzene rings is 3. The minimum absolute atomic E-state index is 0.297. The molecule has 22 heavy (non-hydrogen) atoms. The van der Waals surface area contributed by atoms with Gasteiger partial charge in [-0.1, -0.05) is 66.7 Å². The second kappa shape index (κ2) is 6.92. The van der Waals surface area contributed by atoms with E-state index in [9.17, 15) is 5.11 Å². The Balaban J connectivity index is 1.57. The summed E-state index contributed by atoms with van der Waals surface area (Å²) in [4.78, 5) is 0. The van der Waals surface area contributed by atoms with Gasteiger partial charge in [-0.2, -0.15) is 0 Å². The second-order valence-electron chi connectivity index (χ2n) is 5.26. The first-order chi connectivity index (χ1) is 10.8. The highest BCUT2D eigenvalue weighted by Crippen LogP contribution is 2.18. The molecular weight excluding hydrogens is 270 g/mol. The highest BCUT2D eigenvalue weighted by molar-refractivity contribution is 5.85. The molecule has 0 aliphatic rings. The fourth-order valence-electron chi connectivity index (χ4n) is 2.52. The molecule has 2 N–H and O–H groups in total. The van der Waals surface area contributed by atoms with Crippen LogP contribution in [0.3, 0.4) is 0 Å². The molecule has 0 aliphatic carbocycles. The predicted octanol–water partition coefficient (Wildman–Crippen LogP) is 4.35. The lowest BCUT2D eigenvalue weighted by molar-refractivity contribution is 0.475. The molecular formula is C20H19NO. The highest BCUT2D eigenvalue weighted by atomic mass is 16.3. The highest BCUT2D eigenvalue weighted by Gasteiger charge is 1.98. The third-order valence-corrected chi connectivity index (χ3v) is 3.66. The van der Waals surface area contributed by atoms with E-state index in [1.807, 2.05) is 12.1 Å². The van der Waals surface area contributed by atoms with Crippen LogP contribution in [0.15, 0.2) is 72.8 Å². The van der Waals surface area contributed by atoms with E-state index in [1.165, 1.54) is 16.3 Å². The van der Waals surface area contributed by atoms with E-state index < -0.39 is 0 Å². The molecule has 0 bridgehead atoms. The molecule has 0 atom stereocenters. The number of hydrogen-bond acceptors (Lipinski definition) is 2. The number of rotatable bonds is 5. The Morgan fingerprint density at radius 3 is 2.50 bits per heavy atom. The van der Waals surface area contributed by atoms with Gasteiger partial charge in [0.1, 0.15) is 5.75 Å². The van der Waals surface area contributed by atoms with Crippen molar-refractivity contribution in [3.63, 3.8) is 0 Å². The number of nitrogens with one attached hydrogen (secondary N) is 1. The minimum atomic E-state index is 0.297. The molecule has 0 spiro atoms. The smallest absolute Gasteiger partial charge is 0.115 e. The molecule has 3 rings (SSSR count). The Kier molecular flexibility index (Phi) is 4.52. The van der Waals surface area contributed by atoms with Crippen molar-refractivity contribution in [2.45, 2.75) is 6.54 Å². The first-order valence-corrected chi connectivity index (χ1v) is 7.46. The monoisotopic (exact) mass is 289 g/mol. The third-order valence-electron chi connectivity index (χ3n) is 3.66. The summed E-state index contributed by atoms with van der Waals surface area (Å²) in [6, 6.07) is 22.1. The van der Waals surface area contributed by atoms with Gasteiger partial charge in [-0.3, -0.25) is 0 Å². The molecule has 0 aromatic heterocycles. The first kappa shape index (κ1) is 14.4. The van der Waals surface area contributed by atoms with E-state index in [2.05, 4.69) is 59.9 Å². The van der Waals surface area contributed by atoms with Crippen LogP contribution in [0.1, 0.15) is 11.1 Å². The second-order valence-corrected chi connectivity index (χ2v) is 5.26. The van der Waals surface area contributed by atoms with Gasteiger partial charge in [0.15, 0.2) is 0 Å². The standard InChI is InChI=1S/C20H19NO/c22-19-12-10-16(11-13-19)5-4-14-21-15-18-8-3-7-17-6-1-2-9-20(17)18/h1-13,21-22H,14-15H2. The summed E-state index contributed by atoms with van der Waals surface area (Å²) in [6.07, 6.45) is 4.15. The number of hydrogen-bond donors (Lipinski definition) is 2. The van der Waals surface area contributed by atoms with E-state index in [0.717, 1.165) is 18.7 Å². The number of fused-ring (bicyclic) bond motifs is 1. The molecule has 3 aromatic rings. The molecule has 0 amide bonds. The average Bonchev–Trinajstić information content (AvgIpc) is 2.56. The molecule has 3 aromatic carbocycles. The number of phenols is 1. The van der Waals surface area contributed by atoms with Crippen molar-refractivity contribution in [1.29, 1.82) is 0 Å². The van der Waals surface area contributed by atoms with Crippen molar-refractivity contribution in [3.8, 4) is 5.75 Å². The molecule has 2 nitrogen and oxygen atoms in total. The van der Waals surface area contributed by atoms with Crippen LogP contribution in [-0.2, 0) is 6.54 Å². The Hall–Kier alpha value is -2.58. The van der Waals surface area contributed by atoms with Crippen LogP contribution in [0.5, 0.6) is 5.75 Å². The molecule has 110 valence electrons. The zero-order chi connectivity index (χ0) is 15.2. The van der Waals surface area contributed by atoms with Gasteiger partial charge in [0.25, 0.3) is 0 Å². The van der Waals surface area contributed by atoms with Crippen LogP contribution in [0.4, 0.5) is 0 Å². The Morgan fingerprint density at radius 1 is 0.864 bits per heavy atom. The normalized spacial score (nSPS) is 11.3. The molecule has 0 aliphatic heterocycles. The van der Waals surface area contributed by atoms with Crippen LogP contribution in [0, 0.1) is 0 Å². The first-order valence-electron chi connectivity index (χ1n) is 7.46. The summed E-state index contributed by atoms with van der Waals surface area (Å²) in [5.74, 6) is 0.297. The SMILES string of the molecule is Oc1ccc(C=CCNCc2cccc3ccccc23)cc1.